The molecule has 1 N–H and O–H groups in total. The van der Waals surface area contributed by atoms with Crippen molar-refractivity contribution < 1.29 is 5.11 Å². The highest BCUT2D eigenvalue weighted by Gasteiger charge is 2.10. The fraction of sp³-hybridized carbons (Fsp3) is 0.682. The van der Waals surface area contributed by atoms with Crippen molar-refractivity contribution in [3.8, 4) is 0 Å². The summed E-state index contributed by atoms with van der Waals surface area (Å²) in [4.78, 5) is 5.03. The number of aliphatic imine (C=N–C) groups is 1. The van der Waals surface area contributed by atoms with Crippen LogP contribution in [0.3, 0.4) is 0 Å². The SMILES string of the molecule is C=C(C)C.C=C(C)N=C(C)/C(S)=C\C.CCC(C)C(C)CCC(C)O. The lowest BCUT2D eigenvalue weighted by molar-refractivity contribution is 0.167. The number of hydrogen-bond acceptors (Lipinski definition) is 3. The van der Waals surface area contributed by atoms with Crippen molar-refractivity contribution in [1.29, 1.82) is 0 Å². The molecule has 0 radical (unpaired) electrons. The second kappa shape index (κ2) is 18.0. The molecule has 3 heteroatoms. The highest BCUT2D eigenvalue weighted by molar-refractivity contribution is 7.85. The van der Waals surface area contributed by atoms with Crippen LogP contribution in [0.5, 0.6) is 0 Å². The summed E-state index contributed by atoms with van der Waals surface area (Å²) in [5.41, 5.74) is 2.89. The van der Waals surface area contributed by atoms with E-state index in [2.05, 4.69) is 51.6 Å². The number of rotatable bonds is 7. The first-order valence-electron chi connectivity index (χ1n) is 9.25. The molecule has 148 valence electrons. The van der Waals surface area contributed by atoms with Crippen LogP contribution in [0.15, 0.2) is 40.4 Å². The average molecular weight is 370 g/mol. The summed E-state index contributed by atoms with van der Waals surface area (Å²) in [6.45, 7) is 25.5. The van der Waals surface area contributed by atoms with Gasteiger partial charge in [-0.2, -0.15) is 0 Å². The molecule has 3 unspecified atom stereocenters. The Morgan fingerprint density at radius 1 is 1.04 bits per heavy atom. The second-order valence-corrected chi connectivity index (χ2v) is 7.58. The first-order valence-corrected chi connectivity index (χ1v) is 9.70. The maximum atomic E-state index is 9.06. The van der Waals surface area contributed by atoms with Gasteiger partial charge in [0.25, 0.3) is 0 Å². The molecule has 0 aliphatic carbocycles. The molecule has 0 saturated heterocycles. The number of allylic oxidation sites excluding steroid dienone is 4. The summed E-state index contributed by atoms with van der Waals surface area (Å²) in [6, 6.07) is 0. The lowest BCUT2D eigenvalue weighted by atomic mass is 9.89. The molecular formula is C22H43NOS. The molecule has 0 saturated carbocycles. The quantitative estimate of drug-likeness (QED) is 0.277. The van der Waals surface area contributed by atoms with Crippen molar-refractivity contribution in [2.45, 2.75) is 87.7 Å². The zero-order valence-electron chi connectivity index (χ0n) is 18.2. The normalized spacial score (nSPS) is 15.0. The van der Waals surface area contributed by atoms with E-state index in [1.54, 1.807) is 0 Å². The van der Waals surface area contributed by atoms with Crippen molar-refractivity contribution in [2.24, 2.45) is 16.8 Å². The van der Waals surface area contributed by atoms with Gasteiger partial charge in [-0.1, -0.05) is 45.4 Å². The first-order chi connectivity index (χ1) is 11.4. The lowest BCUT2D eigenvalue weighted by Crippen LogP contribution is -2.10. The molecule has 0 aromatic heterocycles. The van der Waals surface area contributed by atoms with Crippen LogP contribution in [0, 0.1) is 11.8 Å². The van der Waals surface area contributed by atoms with Crippen molar-refractivity contribution in [3.05, 3.63) is 35.4 Å². The van der Waals surface area contributed by atoms with Gasteiger partial charge in [0.1, 0.15) is 0 Å². The minimum absolute atomic E-state index is 0.124. The van der Waals surface area contributed by atoms with E-state index < -0.39 is 0 Å². The van der Waals surface area contributed by atoms with Gasteiger partial charge in [-0.15, -0.1) is 19.2 Å². The summed E-state index contributed by atoms with van der Waals surface area (Å²) in [5.74, 6) is 1.56. The van der Waals surface area contributed by atoms with Gasteiger partial charge < -0.3 is 5.11 Å². The molecule has 0 spiro atoms. The lowest BCUT2D eigenvalue weighted by Gasteiger charge is -2.18. The average Bonchev–Trinajstić information content (AvgIpc) is 2.50. The summed E-state index contributed by atoms with van der Waals surface area (Å²) in [7, 11) is 0. The molecule has 0 aromatic rings. The van der Waals surface area contributed by atoms with Gasteiger partial charge in [0.05, 0.1) is 11.8 Å². The molecule has 2 nitrogen and oxygen atoms in total. The van der Waals surface area contributed by atoms with E-state index in [4.69, 9.17) is 5.11 Å². The topological polar surface area (TPSA) is 32.6 Å². The molecule has 0 aliphatic heterocycles. The van der Waals surface area contributed by atoms with Gasteiger partial charge in [0.15, 0.2) is 0 Å². The monoisotopic (exact) mass is 369 g/mol. The van der Waals surface area contributed by atoms with Gasteiger partial charge in [-0.3, -0.25) is 4.99 Å². The van der Waals surface area contributed by atoms with Crippen LogP contribution in [0.25, 0.3) is 0 Å². The number of thiol groups is 1. The Balaban J connectivity index is -0.000000321. The Hall–Kier alpha value is -0.800. The minimum Gasteiger partial charge on any atom is -0.393 e. The van der Waals surface area contributed by atoms with Gasteiger partial charge in [-0.25, -0.2) is 0 Å². The van der Waals surface area contributed by atoms with E-state index in [-0.39, 0.29) is 6.10 Å². The van der Waals surface area contributed by atoms with E-state index in [1.807, 2.05) is 47.6 Å². The molecule has 0 heterocycles. The molecule has 0 aliphatic rings. The van der Waals surface area contributed by atoms with Crippen LogP contribution >= 0.6 is 12.6 Å². The highest BCUT2D eigenvalue weighted by Crippen LogP contribution is 2.20. The molecule has 0 fully saturated rings. The van der Waals surface area contributed by atoms with Crippen molar-refractivity contribution in [2.75, 3.05) is 0 Å². The zero-order valence-corrected chi connectivity index (χ0v) is 19.1. The van der Waals surface area contributed by atoms with Crippen LogP contribution < -0.4 is 0 Å². The molecule has 0 bridgehead atoms. The van der Waals surface area contributed by atoms with Gasteiger partial charge >= 0.3 is 0 Å². The Bertz CT molecular complexity index is 418. The third kappa shape index (κ3) is 25.6. The van der Waals surface area contributed by atoms with Crippen LogP contribution in [0.2, 0.25) is 0 Å². The fourth-order valence-corrected chi connectivity index (χ4v) is 1.79. The Morgan fingerprint density at radius 3 is 1.76 bits per heavy atom. The summed E-state index contributed by atoms with van der Waals surface area (Å²) in [5, 5.41) is 9.06. The summed E-state index contributed by atoms with van der Waals surface area (Å²) in [6.07, 6.45) is 5.14. The number of nitrogens with zero attached hydrogens (tertiary/aromatic N) is 1. The molecule has 3 atom stereocenters. The smallest absolute Gasteiger partial charge is 0.0512 e. The van der Waals surface area contributed by atoms with Crippen LogP contribution in [-0.4, -0.2) is 16.9 Å². The van der Waals surface area contributed by atoms with Crippen LogP contribution in [-0.2, 0) is 0 Å². The maximum Gasteiger partial charge on any atom is 0.0512 e. The fourth-order valence-electron chi connectivity index (χ4n) is 1.74. The van der Waals surface area contributed by atoms with E-state index in [1.165, 1.54) is 12.0 Å². The summed E-state index contributed by atoms with van der Waals surface area (Å²) >= 11 is 4.19. The van der Waals surface area contributed by atoms with E-state index in [0.29, 0.717) is 0 Å². The van der Waals surface area contributed by atoms with E-state index in [0.717, 1.165) is 41.0 Å². The predicted molar refractivity (Wildman–Crippen MR) is 121 cm³/mol. The van der Waals surface area contributed by atoms with Crippen LogP contribution in [0.1, 0.15) is 81.6 Å². The maximum absolute atomic E-state index is 9.06. The van der Waals surface area contributed by atoms with E-state index >= 15 is 0 Å². The zero-order chi connectivity index (χ0) is 20.6. The Labute approximate surface area is 163 Å². The predicted octanol–water partition coefficient (Wildman–Crippen LogP) is 7.23. The molecule has 25 heavy (non-hydrogen) atoms. The molecule has 0 aromatic carbocycles. The number of aliphatic hydroxyl groups is 1. The number of hydrogen-bond donors (Lipinski definition) is 2. The molecular weight excluding hydrogens is 326 g/mol. The first kappa shape index (κ1) is 29.0. The Kier molecular flexibility index (Phi) is 20.9. The largest absolute Gasteiger partial charge is 0.393 e. The van der Waals surface area contributed by atoms with Gasteiger partial charge in [0.2, 0.25) is 0 Å². The van der Waals surface area contributed by atoms with Crippen molar-refractivity contribution in [1.82, 2.24) is 0 Å². The summed E-state index contributed by atoms with van der Waals surface area (Å²) < 4.78 is 0. The van der Waals surface area contributed by atoms with Crippen LogP contribution in [0.4, 0.5) is 0 Å². The van der Waals surface area contributed by atoms with E-state index in [9.17, 15) is 0 Å². The third-order valence-corrected chi connectivity index (χ3v) is 4.24. The third-order valence-electron chi connectivity index (χ3n) is 3.66. The minimum atomic E-state index is -0.124. The Morgan fingerprint density at radius 2 is 1.48 bits per heavy atom. The van der Waals surface area contributed by atoms with Gasteiger partial charge in [-0.05, 0) is 66.2 Å². The van der Waals surface area contributed by atoms with Crippen molar-refractivity contribution >= 4 is 18.3 Å². The van der Waals surface area contributed by atoms with Crippen molar-refractivity contribution in [3.63, 3.8) is 0 Å². The van der Waals surface area contributed by atoms with Gasteiger partial charge in [0, 0.05) is 10.6 Å². The second-order valence-electron chi connectivity index (χ2n) is 7.10. The number of aliphatic hydroxyl groups excluding tert-OH is 1. The molecule has 0 rings (SSSR count). The highest BCUT2D eigenvalue weighted by atomic mass is 32.1. The molecule has 0 amide bonds. The standard InChI is InChI=1S/C10H22O.C8H13NS.C4H8/c1-5-8(2)9(3)6-7-10(4)11;1-5-8(10)7(4)9-6(2)3;1-4(2)3/h8-11H,5-7H2,1-4H3;5,10H,2H2,1,3-4H3;1H2,2-3H3/b;8-5+,9-7?;.